The third-order valence-electron chi connectivity index (χ3n) is 4.09. The molecule has 0 unspecified atom stereocenters. The van der Waals surface area contributed by atoms with Crippen LogP contribution in [0.2, 0.25) is 5.02 Å². The van der Waals surface area contributed by atoms with Gasteiger partial charge in [0.1, 0.15) is 19.6 Å². The average molecular weight is 378 g/mol. The highest BCUT2D eigenvalue weighted by Gasteiger charge is 2.14. The molecule has 0 spiro atoms. The molecule has 0 saturated carbocycles. The van der Waals surface area contributed by atoms with Crippen molar-refractivity contribution in [2.24, 2.45) is 0 Å². The van der Waals surface area contributed by atoms with Crippen LogP contribution in [-0.4, -0.2) is 38.0 Å². The number of amides is 1. The molecule has 0 aliphatic carbocycles. The number of anilines is 1. The zero-order valence-electron chi connectivity index (χ0n) is 14.0. The Labute approximate surface area is 157 Å². The van der Waals surface area contributed by atoms with Gasteiger partial charge in [-0.2, -0.15) is 0 Å². The molecule has 1 aliphatic rings. The Morgan fingerprint density at radius 1 is 1.12 bits per heavy atom. The minimum atomic E-state index is -0.0310. The number of carbonyl (C=O) groups is 1. The third-order valence-corrected chi connectivity index (χ3v) is 5.60. The molecule has 1 amide bonds. The molecule has 2 N–H and O–H groups in total. The second-order valence-electron chi connectivity index (χ2n) is 6.00. The molecule has 1 aliphatic heterocycles. The molecule has 2 aromatic carbocycles. The number of thioether (sulfide) groups is 1. The second kappa shape index (κ2) is 9.25. The normalized spacial score (nSPS) is 15.1. The first kappa shape index (κ1) is 18.3. The van der Waals surface area contributed by atoms with Crippen molar-refractivity contribution in [1.82, 2.24) is 0 Å². The van der Waals surface area contributed by atoms with Gasteiger partial charge in [0.05, 0.1) is 24.0 Å². The Morgan fingerprint density at radius 3 is 2.56 bits per heavy atom. The number of rotatable bonds is 6. The monoisotopic (exact) mass is 377 g/mol. The molecular formula is C19H22ClN2O2S+. The van der Waals surface area contributed by atoms with E-state index in [1.54, 1.807) is 4.90 Å². The summed E-state index contributed by atoms with van der Waals surface area (Å²) in [6, 6.07) is 15.6. The number of benzene rings is 2. The van der Waals surface area contributed by atoms with Gasteiger partial charge in [0.15, 0.2) is 0 Å². The third kappa shape index (κ3) is 5.75. The summed E-state index contributed by atoms with van der Waals surface area (Å²) >= 11 is 7.54. The van der Waals surface area contributed by atoms with E-state index in [1.165, 1.54) is 17.3 Å². The summed E-state index contributed by atoms with van der Waals surface area (Å²) in [5, 5.41) is 3.61. The van der Waals surface area contributed by atoms with Crippen LogP contribution in [0.3, 0.4) is 0 Å². The van der Waals surface area contributed by atoms with Crippen molar-refractivity contribution in [3.05, 3.63) is 59.1 Å². The van der Waals surface area contributed by atoms with Crippen LogP contribution in [0.15, 0.2) is 53.4 Å². The number of ether oxygens (including phenoxy) is 1. The SMILES string of the molecule is O=C(CSc1ccccc1Cl)Nc1ccc(C[NH+]2CCOCC2)cc1. The number of hydrogen-bond acceptors (Lipinski definition) is 3. The smallest absolute Gasteiger partial charge is 0.234 e. The van der Waals surface area contributed by atoms with Crippen molar-refractivity contribution in [3.63, 3.8) is 0 Å². The van der Waals surface area contributed by atoms with Gasteiger partial charge in [-0.1, -0.05) is 35.9 Å². The molecule has 2 aromatic rings. The van der Waals surface area contributed by atoms with Gasteiger partial charge in [-0.25, -0.2) is 0 Å². The van der Waals surface area contributed by atoms with E-state index in [9.17, 15) is 4.79 Å². The molecule has 6 heteroatoms. The lowest BCUT2D eigenvalue weighted by atomic mass is 10.2. The summed E-state index contributed by atoms with van der Waals surface area (Å²) in [6.07, 6.45) is 0. The first-order valence-electron chi connectivity index (χ1n) is 8.38. The van der Waals surface area contributed by atoms with Gasteiger partial charge < -0.3 is 15.0 Å². The van der Waals surface area contributed by atoms with Crippen molar-refractivity contribution < 1.29 is 14.4 Å². The average Bonchev–Trinajstić information content (AvgIpc) is 2.64. The lowest BCUT2D eigenvalue weighted by Gasteiger charge is -2.23. The maximum absolute atomic E-state index is 12.1. The predicted molar refractivity (Wildman–Crippen MR) is 102 cm³/mol. The van der Waals surface area contributed by atoms with Crippen LogP contribution in [0.4, 0.5) is 5.69 Å². The van der Waals surface area contributed by atoms with E-state index in [0.717, 1.165) is 43.4 Å². The maximum Gasteiger partial charge on any atom is 0.234 e. The Balaban J connectivity index is 1.47. The number of halogens is 1. The van der Waals surface area contributed by atoms with Crippen molar-refractivity contribution in [2.45, 2.75) is 11.4 Å². The molecule has 1 fully saturated rings. The van der Waals surface area contributed by atoms with Gasteiger partial charge in [-0.3, -0.25) is 4.79 Å². The topological polar surface area (TPSA) is 42.8 Å². The van der Waals surface area contributed by atoms with Crippen LogP contribution in [0.1, 0.15) is 5.56 Å². The standard InChI is InChI=1S/C19H21ClN2O2S/c20-17-3-1-2-4-18(17)25-14-19(23)21-16-7-5-15(6-8-16)13-22-9-11-24-12-10-22/h1-8H,9-14H2,(H,21,23)/p+1. The van der Waals surface area contributed by atoms with Crippen molar-refractivity contribution in [2.75, 3.05) is 37.4 Å². The summed E-state index contributed by atoms with van der Waals surface area (Å²) in [6.45, 7) is 4.79. The van der Waals surface area contributed by atoms with Gasteiger partial charge >= 0.3 is 0 Å². The Hall–Kier alpha value is -1.53. The summed E-state index contributed by atoms with van der Waals surface area (Å²) < 4.78 is 5.38. The molecule has 132 valence electrons. The highest BCUT2D eigenvalue weighted by molar-refractivity contribution is 8.00. The zero-order chi connectivity index (χ0) is 17.5. The van der Waals surface area contributed by atoms with Crippen LogP contribution in [0.5, 0.6) is 0 Å². The highest BCUT2D eigenvalue weighted by atomic mass is 35.5. The van der Waals surface area contributed by atoms with Crippen LogP contribution in [0.25, 0.3) is 0 Å². The number of nitrogens with one attached hydrogen (secondary N) is 2. The van der Waals surface area contributed by atoms with E-state index in [1.807, 2.05) is 36.4 Å². The quantitative estimate of drug-likeness (QED) is 0.760. The van der Waals surface area contributed by atoms with E-state index in [2.05, 4.69) is 17.4 Å². The fourth-order valence-corrected chi connectivity index (χ4v) is 3.77. The lowest BCUT2D eigenvalue weighted by Crippen LogP contribution is -3.12. The highest BCUT2D eigenvalue weighted by Crippen LogP contribution is 2.26. The van der Waals surface area contributed by atoms with Crippen LogP contribution in [-0.2, 0) is 16.1 Å². The van der Waals surface area contributed by atoms with E-state index in [-0.39, 0.29) is 5.91 Å². The minimum absolute atomic E-state index is 0.0310. The van der Waals surface area contributed by atoms with Crippen LogP contribution < -0.4 is 10.2 Å². The van der Waals surface area contributed by atoms with Crippen LogP contribution >= 0.6 is 23.4 Å². The molecule has 0 radical (unpaired) electrons. The largest absolute Gasteiger partial charge is 0.370 e. The summed E-state index contributed by atoms with van der Waals surface area (Å²) in [5.74, 6) is 0.306. The van der Waals surface area contributed by atoms with Gasteiger partial charge in [0.25, 0.3) is 0 Å². The fraction of sp³-hybridized carbons (Fsp3) is 0.316. The van der Waals surface area contributed by atoms with Gasteiger partial charge in [0.2, 0.25) is 5.91 Å². The van der Waals surface area contributed by atoms with Crippen molar-refractivity contribution >= 4 is 35.0 Å². The number of quaternary nitrogens is 1. The zero-order valence-corrected chi connectivity index (χ0v) is 15.5. The molecule has 1 heterocycles. The van der Waals surface area contributed by atoms with E-state index < -0.39 is 0 Å². The Kier molecular flexibility index (Phi) is 6.76. The molecule has 25 heavy (non-hydrogen) atoms. The van der Waals surface area contributed by atoms with Crippen LogP contribution in [0, 0.1) is 0 Å². The van der Waals surface area contributed by atoms with Gasteiger partial charge in [0, 0.05) is 16.1 Å². The molecule has 0 bridgehead atoms. The van der Waals surface area contributed by atoms with Crippen molar-refractivity contribution in [3.8, 4) is 0 Å². The maximum atomic E-state index is 12.1. The number of morpholine rings is 1. The Morgan fingerprint density at radius 2 is 1.84 bits per heavy atom. The first-order chi connectivity index (χ1) is 12.2. The number of carbonyl (C=O) groups excluding carboxylic acids is 1. The van der Waals surface area contributed by atoms with E-state index in [4.69, 9.17) is 16.3 Å². The number of hydrogen-bond donors (Lipinski definition) is 2. The molecule has 1 saturated heterocycles. The second-order valence-corrected chi connectivity index (χ2v) is 7.43. The van der Waals surface area contributed by atoms with Crippen molar-refractivity contribution in [1.29, 1.82) is 0 Å². The van der Waals surface area contributed by atoms with E-state index >= 15 is 0 Å². The molecule has 4 nitrogen and oxygen atoms in total. The molecule has 0 atom stereocenters. The first-order valence-corrected chi connectivity index (χ1v) is 9.74. The fourth-order valence-electron chi connectivity index (χ4n) is 2.73. The van der Waals surface area contributed by atoms with Gasteiger partial charge in [-0.15, -0.1) is 11.8 Å². The molecular weight excluding hydrogens is 356 g/mol. The lowest BCUT2D eigenvalue weighted by molar-refractivity contribution is -0.921. The van der Waals surface area contributed by atoms with E-state index in [0.29, 0.717) is 10.8 Å². The minimum Gasteiger partial charge on any atom is -0.370 e. The molecule has 0 aromatic heterocycles. The predicted octanol–water partition coefficient (Wildman–Crippen LogP) is 2.49. The summed E-state index contributed by atoms with van der Waals surface area (Å²) in [4.78, 5) is 14.6. The molecule has 3 rings (SSSR count). The summed E-state index contributed by atoms with van der Waals surface area (Å²) in [5.41, 5.74) is 2.10. The van der Waals surface area contributed by atoms with Gasteiger partial charge in [-0.05, 0) is 24.3 Å². The summed E-state index contributed by atoms with van der Waals surface area (Å²) in [7, 11) is 0. The Bertz CT molecular complexity index is 703.